The number of nitrogens with two attached hydrogens (primary N) is 1. The molecule has 1 saturated heterocycles. The first kappa shape index (κ1) is 15.4. The zero-order chi connectivity index (χ0) is 15.6. The number of hydrogen-bond acceptors (Lipinski definition) is 4. The van der Waals surface area contributed by atoms with Crippen LogP contribution in [0.1, 0.15) is 36.2 Å². The number of amides is 1. The number of methoxy groups -OCH3 is 1. The van der Waals surface area contributed by atoms with Crippen molar-refractivity contribution >= 4 is 17.6 Å². The maximum absolute atomic E-state index is 12.1. The molecule has 21 heavy (non-hydrogen) atoms. The first-order valence-corrected chi connectivity index (χ1v) is 7.17. The molecule has 1 atom stereocenters. The van der Waals surface area contributed by atoms with Crippen LogP contribution in [0.25, 0.3) is 0 Å². The van der Waals surface area contributed by atoms with E-state index in [4.69, 9.17) is 10.5 Å². The fourth-order valence-corrected chi connectivity index (χ4v) is 2.71. The van der Waals surface area contributed by atoms with Gasteiger partial charge in [0.05, 0.1) is 12.7 Å². The predicted molar refractivity (Wildman–Crippen MR) is 80.6 cm³/mol. The number of carbonyl (C=O) groups excluding carboxylic acids is 2. The minimum Gasteiger partial charge on any atom is -0.465 e. The molecule has 1 unspecified atom stereocenters. The van der Waals surface area contributed by atoms with Gasteiger partial charge in [-0.1, -0.05) is 26.0 Å². The van der Waals surface area contributed by atoms with Gasteiger partial charge in [0.25, 0.3) is 0 Å². The summed E-state index contributed by atoms with van der Waals surface area (Å²) in [6, 6.07) is 5.27. The molecule has 2 N–H and O–H groups in total. The summed E-state index contributed by atoms with van der Waals surface area (Å²) < 4.78 is 4.79. The van der Waals surface area contributed by atoms with Gasteiger partial charge in [-0.3, -0.25) is 4.79 Å². The number of ether oxygens (including phenoxy) is 1. The number of likely N-dealkylation sites (tertiary alicyclic amines) is 1. The molecule has 114 valence electrons. The lowest BCUT2D eigenvalue weighted by Gasteiger charge is -2.20. The Bertz CT molecular complexity index is 554. The molecule has 2 rings (SSSR count). The van der Waals surface area contributed by atoms with Gasteiger partial charge in [-0.15, -0.1) is 0 Å². The lowest BCUT2D eigenvalue weighted by Crippen LogP contribution is -2.26. The van der Waals surface area contributed by atoms with Crippen LogP contribution in [0.3, 0.4) is 0 Å². The lowest BCUT2D eigenvalue weighted by atomic mass is 9.95. The molecule has 0 spiro atoms. The highest BCUT2D eigenvalue weighted by molar-refractivity contribution is 5.96. The Hall–Kier alpha value is -2.04. The highest BCUT2D eigenvalue weighted by Gasteiger charge is 2.32. The summed E-state index contributed by atoms with van der Waals surface area (Å²) in [7, 11) is 1.33. The Morgan fingerprint density at radius 1 is 1.48 bits per heavy atom. The quantitative estimate of drug-likeness (QED) is 0.680. The van der Waals surface area contributed by atoms with Gasteiger partial charge in [0.15, 0.2) is 0 Å². The summed E-state index contributed by atoms with van der Waals surface area (Å²) in [5, 5.41) is 0. The molecule has 0 bridgehead atoms. The van der Waals surface area contributed by atoms with E-state index in [1.807, 2.05) is 6.07 Å². The summed E-state index contributed by atoms with van der Waals surface area (Å²) >= 11 is 0. The summed E-state index contributed by atoms with van der Waals surface area (Å²) in [5.74, 6) is 0.516. The van der Waals surface area contributed by atoms with Crippen LogP contribution >= 0.6 is 0 Å². The highest BCUT2D eigenvalue weighted by Crippen LogP contribution is 2.28. The van der Waals surface area contributed by atoms with Crippen LogP contribution in [0.15, 0.2) is 18.2 Å². The van der Waals surface area contributed by atoms with Gasteiger partial charge in [0.1, 0.15) is 0 Å². The second kappa shape index (κ2) is 6.16. The topological polar surface area (TPSA) is 72.6 Å². The molecular formula is C16H22N2O3. The molecule has 1 amide bonds. The van der Waals surface area contributed by atoms with Crippen LogP contribution in [-0.2, 0) is 16.1 Å². The smallest absolute Gasteiger partial charge is 0.340 e. The average Bonchev–Trinajstić information content (AvgIpc) is 2.80. The number of nitrogen functional groups attached to an aromatic ring is 1. The van der Waals surface area contributed by atoms with Crippen molar-refractivity contribution in [2.75, 3.05) is 19.4 Å². The molecule has 5 nitrogen and oxygen atoms in total. The van der Waals surface area contributed by atoms with Gasteiger partial charge < -0.3 is 15.4 Å². The molecule has 1 aliphatic heterocycles. The summed E-state index contributed by atoms with van der Waals surface area (Å²) in [5.41, 5.74) is 7.36. The van der Waals surface area contributed by atoms with Crippen molar-refractivity contribution in [2.24, 2.45) is 11.8 Å². The lowest BCUT2D eigenvalue weighted by molar-refractivity contribution is -0.128. The highest BCUT2D eigenvalue weighted by atomic mass is 16.5. The maximum atomic E-state index is 12.1. The minimum atomic E-state index is -0.463. The van der Waals surface area contributed by atoms with Crippen molar-refractivity contribution in [2.45, 2.75) is 26.8 Å². The monoisotopic (exact) mass is 290 g/mol. The van der Waals surface area contributed by atoms with Gasteiger partial charge >= 0.3 is 5.97 Å². The van der Waals surface area contributed by atoms with E-state index in [0.717, 1.165) is 12.1 Å². The van der Waals surface area contributed by atoms with Crippen LogP contribution in [0.5, 0.6) is 0 Å². The van der Waals surface area contributed by atoms with E-state index in [9.17, 15) is 9.59 Å². The number of rotatable bonds is 4. The second-order valence-electron chi connectivity index (χ2n) is 5.86. The molecule has 0 saturated carbocycles. The molecule has 0 aliphatic carbocycles. The molecule has 0 radical (unpaired) electrons. The van der Waals surface area contributed by atoms with Gasteiger partial charge in [-0.2, -0.15) is 0 Å². The number of carbonyl (C=O) groups is 2. The number of nitrogens with zero attached hydrogens (tertiary/aromatic N) is 1. The summed E-state index contributed by atoms with van der Waals surface area (Å²) in [6.07, 6.45) is 0.577. The largest absolute Gasteiger partial charge is 0.465 e. The third-order valence-corrected chi connectivity index (χ3v) is 4.12. The van der Waals surface area contributed by atoms with Crippen molar-refractivity contribution in [3.63, 3.8) is 0 Å². The second-order valence-corrected chi connectivity index (χ2v) is 5.86. The zero-order valence-corrected chi connectivity index (χ0v) is 12.8. The minimum absolute atomic E-state index is 0.131. The first-order valence-electron chi connectivity index (χ1n) is 7.17. The van der Waals surface area contributed by atoms with Crippen LogP contribution in [0, 0.1) is 11.8 Å². The molecule has 1 heterocycles. The Morgan fingerprint density at radius 2 is 2.19 bits per heavy atom. The summed E-state index contributed by atoms with van der Waals surface area (Å²) in [4.78, 5) is 25.8. The Labute approximate surface area is 125 Å². The third-order valence-electron chi connectivity index (χ3n) is 4.12. The van der Waals surface area contributed by atoms with Crippen LogP contribution < -0.4 is 5.73 Å². The standard InChI is InChI=1S/C16H22N2O3/c1-10(2)12-7-14(19)18(9-12)8-11-5-4-6-13(17)15(11)16(20)21-3/h4-6,10,12H,7-9,17H2,1-3H3. The van der Waals surface area contributed by atoms with Crippen molar-refractivity contribution in [1.82, 2.24) is 4.90 Å². The number of esters is 1. The average molecular weight is 290 g/mol. The van der Waals surface area contributed by atoms with E-state index < -0.39 is 5.97 Å². The van der Waals surface area contributed by atoms with Gasteiger partial charge in [0, 0.05) is 25.2 Å². The Balaban J connectivity index is 2.23. The van der Waals surface area contributed by atoms with E-state index in [0.29, 0.717) is 36.1 Å². The molecular weight excluding hydrogens is 268 g/mol. The number of hydrogen-bond donors (Lipinski definition) is 1. The van der Waals surface area contributed by atoms with E-state index in [-0.39, 0.29) is 5.91 Å². The van der Waals surface area contributed by atoms with Crippen LogP contribution in [0.2, 0.25) is 0 Å². The van der Waals surface area contributed by atoms with Crippen molar-refractivity contribution in [3.8, 4) is 0 Å². The van der Waals surface area contributed by atoms with Crippen molar-refractivity contribution < 1.29 is 14.3 Å². The van der Waals surface area contributed by atoms with E-state index in [1.54, 1.807) is 17.0 Å². The first-order chi connectivity index (χ1) is 9.93. The third kappa shape index (κ3) is 3.17. The predicted octanol–water partition coefficient (Wildman–Crippen LogP) is 2.06. The Morgan fingerprint density at radius 3 is 2.76 bits per heavy atom. The normalized spacial score (nSPS) is 18.4. The van der Waals surface area contributed by atoms with Gasteiger partial charge in [-0.25, -0.2) is 4.79 Å². The van der Waals surface area contributed by atoms with Crippen molar-refractivity contribution in [3.05, 3.63) is 29.3 Å². The molecule has 5 heteroatoms. The molecule has 1 aromatic carbocycles. The van der Waals surface area contributed by atoms with Gasteiger partial charge in [-0.05, 0) is 23.5 Å². The van der Waals surface area contributed by atoms with E-state index >= 15 is 0 Å². The fourth-order valence-electron chi connectivity index (χ4n) is 2.71. The number of benzene rings is 1. The van der Waals surface area contributed by atoms with Crippen molar-refractivity contribution in [1.29, 1.82) is 0 Å². The van der Waals surface area contributed by atoms with Crippen LogP contribution in [0.4, 0.5) is 5.69 Å². The number of anilines is 1. The molecule has 1 aliphatic rings. The zero-order valence-electron chi connectivity index (χ0n) is 12.8. The van der Waals surface area contributed by atoms with E-state index in [2.05, 4.69) is 13.8 Å². The summed E-state index contributed by atoms with van der Waals surface area (Å²) in [6.45, 7) is 5.38. The maximum Gasteiger partial charge on any atom is 0.340 e. The SMILES string of the molecule is COC(=O)c1c(N)cccc1CN1CC(C(C)C)CC1=O. The fraction of sp³-hybridized carbons (Fsp3) is 0.500. The molecule has 0 aromatic heterocycles. The molecule has 1 fully saturated rings. The molecule has 1 aromatic rings. The van der Waals surface area contributed by atoms with Gasteiger partial charge in [0.2, 0.25) is 5.91 Å². The van der Waals surface area contributed by atoms with Crippen LogP contribution in [-0.4, -0.2) is 30.4 Å². The van der Waals surface area contributed by atoms with E-state index in [1.165, 1.54) is 7.11 Å². The Kier molecular flexibility index (Phi) is 4.50.